The number of carbonyl (C=O) groups excluding carboxylic acids is 1. The summed E-state index contributed by atoms with van der Waals surface area (Å²) in [5.41, 5.74) is 1.62. The Kier molecular flexibility index (Phi) is 4.54. The van der Waals surface area contributed by atoms with Crippen molar-refractivity contribution in [1.29, 1.82) is 0 Å². The van der Waals surface area contributed by atoms with Crippen LogP contribution < -0.4 is 5.32 Å². The molecule has 1 unspecified atom stereocenters. The molecule has 2 N–H and O–H groups in total. The Bertz CT molecular complexity index is 757. The largest absolute Gasteiger partial charge is 0.417 e. The van der Waals surface area contributed by atoms with Crippen LogP contribution in [0.5, 0.6) is 0 Å². The lowest BCUT2D eigenvalue weighted by Gasteiger charge is -2.20. The van der Waals surface area contributed by atoms with Gasteiger partial charge in [-0.05, 0) is 30.5 Å². The number of aromatic nitrogens is 2. The summed E-state index contributed by atoms with van der Waals surface area (Å²) in [4.78, 5) is 19.5. The first-order valence-electron chi connectivity index (χ1n) is 7.49. The number of fused-ring (bicyclic) bond motifs is 1. The molecule has 2 aromatic rings. The molecule has 1 aromatic carbocycles. The molecule has 0 fully saturated rings. The number of carbonyl (C=O) groups is 1. The van der Waals surface area contributed by atoms with Gasteiger partial charge in [-0.3, -0.25) is 4.79 Å². The normalized spacial score (nSPS) is 17.4. The second kappa shape index (κ2) is 6.47. The van der Waals surface area contributed by atoms with Crippen molar-refractivity contribution in [3.63, 3.8) is 0 Å². The first-order valence-corrected chi connectivity index (χ1v) is 7.87. The van der Waals surface area contributed by atoms with Crippen molar-refractivity contribution in [1.82, 2.24) is 15.3 Å². The number of imidazole rings is 1. The molecule has 1 heterocycles. The van der Waals surface area contributed by atoms with Crippen LogP contribution in [0.4, 0.5) is 13.2 Å². The number of alkyl halides is 3. The molecule has 1 aromatic heterocycles. The Morgan fingerprint density at radius 2 is 2.21 bits per heavy atom. The quantitative estimate of drug-likeness (QED) is 0.883. The second-order valence-electron chi connectivity index (χ2n) is 5.80. The minimum Gasteiger partial charge on any atom is -0.352 e. The molecule has 1 amide bonds. The molecule has 0 aliphatic heterocycles. The third-order valence-electron chi connectivity index (χ3n) is 4.16. The Labute approximate surface area is 141 Å². The number of nitrogens with one attached hydrogen (secondary N) is 2. The molecule has 1 aliphatic carbocycles. The van der Waals surface area contributed by atoms with Crippen molar-refractivity contribution in [2.24, 2.45) is 5.92 Å². The average Bonchev–Trinajstić information content (AvgIpc) is 2.98. The van der Waals surface area contributed by atoms with Crippen LogP contribution in [0.1, 0.15) is 28.9 Å². The number of hydrogen-bond acceptors (Lipinski definition) is 2. The van der Waals surface area contributed by atoms with E-state index in [1.54, 1.807) is 6.33 Å². The molecule has 8 heteroatoms. The minimum atomic E-state index is -4.48. The van der Waals surface area contributed by atoms with Gasteiger partial charge in [-0.15, -0.1) is 0 Å². The number of amides is 1. The number of halogens is 4. The molecule has 0 spiro atoms. The van der Waals surface area contributed by atoms with Gasteiger partial charge in [0.25, 0.3) is 0 Å². The van der Waals surface area contributed by atoms with Crippen LogP contribution in [0.3, 0.4) is 0 Å². The van der Waals surface area contributed by atoms with Crippen LogP contribution in [-0.4, -0.2) is 15.9 Å². The first-order chi connectivity index (χ1) is 11.3. The molecular formula is C16H15ClF3N3O. The van der Waals surface area contributed by atoms with E-state index in [0.29, 0.717) is 18.4 Å². The number of aromatic amines is 1. The zero-order valence-corrected chi connectivity index (χ0v) is 13.3. The zero-order chi connectivity index (χ0) is 17.3. The summed E-state index contributed by atoms with van der Waals surface area (Å²) in [6.07, 6.45) is -0.826. The third kappa shape index (κ3) is 3.56. The van der Waals surface area contributed by atoms with Gasteiger partial charge < -0.3 is 10.3 Å². The monoisotopic (exact) mass is 357 g/mol. The lowest BCUT2D eigenvalue weighted by atomic mass is 9.89. The highest BCUT2D eigenvalue weighted by atomic mass is 35.5. The van der Waals surface area contributed by atoms with Gasteiger partial charge in [-0.1, -0.05) is 17.7 Å². The number of nitrogens with zero attached hydrogens (tertiary/aromatic N) is 1. The Hall–Kier alpha value is -2.02. The van der Waals surface area contributed by atoms with Gasteiger partial charge >= 0.3 is 6.18 Å². The van der Waals surface area contributed by atoms with E-state index in [2.05, 4.69) is 15.3 Å². The van der Waals surface area contributed by atoms with E-state index in [-0.39, 0.29) is 23.4 Å². The van der Waals surface area contributed by atoms with Gasteiger partial charge in [0.05, 0.1) is 22.6 Å². The van der Waals surface area contributed by atoms with Crippen LogP contribution in [0, 0.1) is 5.92 Å². The molecule has 0 radical (unpaired) electrons. The fraction of sp³-hybridized carbons (Fsp3) is 0.375. The number of aryl methyl sites for hydroxylation is 1. The molecule has 3 rings (SSSR count). The highest BCUT2D eigenvalue weighted by molar-refractivity contribution is 6.31. The molecule has 0 bridgehead atoms. The maximum absolute atomic E-state index is 12.7. The van der Waals surface area contributed by atoms with E-state index >= 15 is 0 Å². The Balaban J connectivity index is 1.60. The van der Waals surface area contributed by atoms with E-state index < -0.39 is 11.7 Å². The summed E-state index contributed by atoms with van der Waals surface area (Å²) in [6.45, 7) is 0.142. The summed E-state index contributed by atoms with van der Waals surface area (Å²) in [5, 5.41) is 2.40. The molecular weight excluding hydrogens is 343 g/mol. The number of rotatable bonds is 3. The van der Waals surface area contributed by atoms with E-state index in [1.165, 1.54) is 12.1 Å². The van der Waals surface area contributed by atoms with E-state index in [4.69, 9.17) is 11.6 Å². The van der Waals surface area contributed by atoms with Gasteiger partial charge in [0.15, 0.2) is 0 Å². The minimum absolute atomic E-state index is 0.119. The van der Waals surface area contributed by atoms with E-state index in [0.717, 1.165) is 23.9 Å². The lowest BCUT2D eigenvalue weighted by molar-refractivity contribution is -0.137. The van der Waals surface area contributed by atoms with Crippen LogP contribution in [0.25, 0.3) is 0 Å². The topological polar surface area (TPSA) is 57.8 Å². The van der Waals surface area contributed by atoms with E-state index in [1.807, 2.05) is 0 Å². The smallest absolute Gasteiger partial charge is 0.352 e. The zero-order valence-electron chi connectivity index (χ0n) is 12.6. The van der Waals surface area contributed by atoms with Crippen molar-refractivity contribution in [2.75, 3.05) is 0 Å². The standard InChI is InChI=1S/C16H15ClF3N3O/c17-12-5-9(1-3-11(12)16(18,19)20)7-21-15(24)10-2-4-13-14(6-10)23-8-22-13/h1,3,5,8,10H,2,4,6-7H2,(H,21,24)(H,22,23). The predicted octanol–water partition coefficient (Wildman–Crippen LogP) is 3.50. The second-order valence-corrected chi connectivity index (χ2v) is 6.20. The Morgan fingerprint density at radius 3 is 2.92 bits per heavy atom. The SMILES string of the molecule is O=C(NCc1ccc(C(F)(F)F)c(Cl)c1)C1CCc2nc[nH]c2C1. The van der Waals surface area contributed by atoms with Gasteiger partial charge in [0, 0.05) is 24.6 Å². The van der Waals surface area contributed by atoms with Crippen molar-refractivity contribution in [2.45, 2.75) is 32.0 Å². The van der Waals surface area contributed by atoms with Gasteiger partial charge in [0.2, 0.25) is 5.91 Å². The fourth-order valence-corrected chi connectivity index (χ4v) is 3.17. The average molecular weight is 358 g/mol. The molecule has 4 nitrogen and oxygen atoms in total. The van der Waals surface area contributed by atoms with Gasteiger partial charge in [-0.2, -0.15) is 13.2 Å². The molecule has 0 saturated heterocycles. The van der Waals surface area contributed by atoms with Crippen LogP contribution in [0.2, 0.25) is 5.02 Å². The van der Waals surface area contributed by atoms with Crippen LogP contribution in [-0.2, 0) is 30.4 Å². The summed E-state index contributed by atoms with van der Waals surface area (Å²) in [6, 6.07) is 3.49. The van der Waals surface area contributed by atoms with Crippen molar-refractivity contribution in [3.05, 3.63) is 52.1 Å². The highest BCUT2D eigenvalue weighted by Crippen LogP contribution is 2.35. The van der Waals surface area contributed by atoms with E-state index in [9.17, 15) is 18.0 Å². The summed E-state index contributed by atoms with van der Waals surface area (Å²) >= 11 is 5.68. The summed E-state index contributed by atoms with van der Waals surface area (Å²) in [5.74, 6) is -0.283. The van der Waals surface area contributed by atoms with Gasteiger partial charge in [-0.25, -0.2) is 4.98 Å². The predicted molar refractivity (Wildman–Crippen MR) is 82.4 cm³/mol. The van der Waals surface area contributed by atoms with Gasteiger partial charge in [0.1, 0.15) is 0 Å². The van der Waals surface area contributed by atoms with Crippen LogP contribution >= 0.6 is 11.6 Å². The van der Waals surface area contributed by atoms with Crippen molar-refractivity contribution < 1.29 is 18.0 Å². The lowest BCUT2D eigenvalue weighted by Crippen LogP contribution is -2.33. The Morgan fingerprint density at radius 1 is 1.42 bits per heavy atom. The van der Waals surface area contributed by atoms with Crippen molar-refractivity contribution in [3.8, 4) is 0 Å². The fourth-order valence-electron chi connectivity index (χ4n) is 2.86. The number of hydrogen-bond donors (Lipinski definition) is 2. The maximum Gasteiger partial charge on any atom is 0.417 e. The van der Waals surface area contributed by atoms with Crippen molar-refractivity contribution >= 4 is 17.5 Å². The number of benzene rings is 1. The number of H-pyrrole nitrogens is 1. The summed E-state index contributed by atoms with van der Waals surface area (Å²) in [7, 11) is 0. The molecule has 128 valence electrons. The molecule has 1 aliphatic rings. The maximum atomic E-state index is 12.7. The van der Waals surface area contributed by atoms with Crippen LogP contribution in [0.15, 0.2) is 24.5 Å². The molecule has 0 saturated carbocycles. The molecule has 24 heavy (non-hydrogen) atoms. The molecule has 1 atom stereocenters. The summed E-state index contributed by atoms with van der Waals surface area (Å²) < 4.78 is 38.0. The first kappa shape index (κ1) is 16.8. The third-order valence-corrected chi connectivity index (χ3v) is 4.48. The highest BCUT2D eigenvalue weighted by Gasteiger charge is 2.33.